The van der Waals surface area contributed by atoms with Crippen LogP contribution in [0.1, 0.15) is 67.7 Å². The van der Waals surface area contributed by atoms with Crippen LogP contribution < -0.4 is 0 Å². The maximum atomic E-state index is 13.1. The van der Waals surface area contributed by atoms with Crippen LogP contribution in [0, 0.1) is 29.6 Å². The van der Waals surface area contributed by atoms with Crippen LogP contribution >= 0.6 is 0 Å². The van der Waals surface area contributed by atoms with Gasteiger partial charge in [0.15, 0.2) is 6.10 Å². The summed E-state index contributed by atoms with van der Waals surface area (Å²) in [6.45, 7) is 16.7. The lowest BCUT2D eigenvalue weighted by atomic mass is 9.62. The summed E-state index contributed by atoms with van der Waals surface area (Å²) < 4.78 is 17.1. The molecule has 184 valence electrons. The van der Waals surface area contributed by atoms with Gasteiger partial charge in [-0.05, 0) is 43.6 Å². The van der Waals surface area contributed by atoms with Crippen molar-refractivity contribution in [3.05, 3.63) is 23.8 Å². The molecule has 7 atom stereocenters. The highest BCUT2D eigenvalue weighted by molar-refractivity contribution is 5.86. The van der Waals surface area contributed by atoms with Crippen molar-refractivity contribution in [3.63, 3.8) is 0 Å². The summed E-state index contributed by atoms with van der Waals surface area (Å²) in [5, 5.41) is 0. The fraction of sp³-hybridized carbons (Fsp3) is 0.692. The molecule has 0 N–H and O–H groups in total. The molecule has 0 aromatic rings. The highest BCUT2D eigenvalue weighted by atomic mass is 16.6. The second kappa shape index (κ2) is 11.1. The molecular formula is C26H38O7. The molecule has 0 bridgehead atoms. The van der Waals surface area contributed by atoms with Gasteiger partial charge in [-0.25, -0.2) is 4.79 Å². The minimum Gasteiger partial charge on any atom is -0.462 e. The third-order valence-corrected chi connectivity index (χ3v) is 6.98. The lowest BCUT2D eigenvalue weighted by Gasteiger charge is -2.48. The maximum Gasteiger partial charge on any atom is 0.331 e. The van der Waals surface area contributed by atoms with E-state index in [1.165, 1.54) is 13.0 Å². The van der Waals surface area contributed by atoms with E-state index < -0.39 is 42.1 Å². The first kappa shape index (κ1) is 26.8. The Balaban J connectivity index is 2.52. The van der Waals surface area contributed by atoms with E-state index in [0.29, 0.717) is 12.0 Å². The van der Waals surface area contributed by atoms with Gasteiger partial charge in [0.1, 0.15) is 18.0 Å². The summed E-state index contributed by atoms with van der Waals surface area (Å²) in [5.41, 5.74) is 1.45. The number of allylic oxidation sites excluding steroid dienone is 1. The molecule has 0 radical (unpaired) electrons. The Morgan fingerprint density at radius 3 is 2.24 bits per heavy atom. The lowest BCUT2D eigenvalue weighted by molar-refractivity contribution is -0.179. The highest BCUT2D eigenvalue weighted by Crippen LogP contribution is 2.54. The molecule has 2 fully saturated rings. The number of esters is 3. The number of carbonyl (C=O) groups excluding carboxylic acids is 4. The van der Waals surface area contributed by atoms with Gasteiger partial charge in [0, 0.05) is 31.8 Å². The maximum absolute atomic E-state index is 13.1. The first-order valence-corrected chi connectivity index (χ1v) is 11.9. The summed E-state index contributed by atoms with van der Waals surface area (Å²) in [6, 6.07) is 0. The fourth-order valence-electron chi connectivity index (χ4n) is 5.40. The number of hydrogen-bond acceptors (Lipinski definition) is 7. The zero-order valence-corrected chi connectivity index (χ0v) is 20.9. The fourth-order valence-corrected chi connectivity index (χ4v) is 5.40. The summed E-state index contributed by atoms with van der Waals surface area (Å²) in [7, 11) is 0. The summed E-state index contributed by atoms with van der Waals surface area (Å²) >= 11 is 0. The Bertz CT molecular complexity index is 824. The molecule has 0 spiro atoms. The average molecular weight is 463 g/mol. The minimum atomic E-state index is -0.849. The predicted octanol–water partition coefficient (Wildman–Crippen LogP) is 4.19. The Morgan fingerprint density at radius 2 is 1.73 bits per heavy atom. The van der Waals surface area contributed by atoms with Crippen molar-refractivity contribution in [2.75, 3.05) is 0 Å². The SMILES string of the molecule is C=C1[C@H]2CC(=O)[C@@H]([C@@H](C)OC(C)=O)[C@@H]2[C@@H](C(C)C)[C@H](OC(=O)CC)[C@@H]1OC(=O)C=C(C)CC. The van der Waals surface area contributed by atoms with Crippen LogP contribution in [-0.2, 0) is 33.4 Å². The number of hydrogen-bond donors (Lipinski definition) is 0. The van der Waals surface area contributed by atoms with Crippen molar-refractivity contribution < 1.29 is 33.4 Å². The average Bonchev–Trinajstić information content (AvgIpc) is 3.06. The van der Waals surface area contributed by atoms with E-state index in [2.05, 4.69) is 6.58 Å². The minimum absolute atomic E-state index is 0.00677. The van der Waals surface area contributed by atoms with Gasteiger partial charge < -0.3 is 14.2 Å². The van der Waals surface area contributed by atoms with Crippen molar-refractivity contribution in [1.29, 1.82) is 0 Å². The Kier molecular flexibility index (Phi) is 9.04. The van der Waals surface area contributed by atoms with Gasteiger partial charge in [-0.2, -0.15) is 0 Å². The molecule has 0 heterocycles. The molecular weight excluding hydrogens is 424 g/mol. The van der Waals surface area contributed by atoms with Gasteiger partial charge in [-0.1, -0.05) is 39.8 Å². The van der Waals surface area contributed by atoms with Crippen LogP contribution in [0.4, 0.5) is 0 Å². The van der Waals surface area contributed by atoms with Gasteiger partial charge in [-0.15, -0.1) is 0 Å². The van der Waals surface area contributed by atoms with Gasteiger partial charge in [0.2, 0.25) is 0 Å². The third-order valence-electron chi connectivity index (χ3n) is 6.98. The summed E-state index contributed by atoms with van der Waals surface area (Å²) in [5.74, 6) is -2.69. The Morgan fingerprint density at radius 1 is 1.09 bits per heavy atom. The van der Waals surface area contributed by atoms with E-state index in [1.807, 2.05) is 27.7 Å². The zero-order chi connectivity index (χ0) is 25.0. The third kappa shape index (κ3) is 5.92. The number of rotatable bonds is 8. The van der Waals surface area contributed by atoms with Crippen molar-refractivity contribution in [1.82, 2.24) is 0 Å². The topological polar surface area (TPSA) is 96.0 Å². The summed E-state index contributed by atoms with van der Waals surface area (Å²) in [6.07, 6.45) is 0.308. The largest absolute Gasteiger partial charge is 0.462 e. The zero-order valence-electron chi connectivity index (χ0n) is 20.9. The molecule has 2 rings (SSSR count). The molecule has 7 heteroatoms. The first-order valence-electron chi connectivity index (χ1n) is 11.9. The lowest BCUT2D eigenvalue weighted by Crippen LogP contribution is -2.54. The van der Waals surface area contributed by atoms with E-state index in [0.717, 1.165) is 5.57 Å². The van der Waals surface area contributed by atoms with Crippen molar-refractivity contribution in [2.45, 2.75) is 86.0 Å². The molecule has 2 aliphatic carbocycles. The van der Waals surface area contributed by atoms with Gasteiger partial charge in [0.05, 0.1) is 5.92 Å². The van der Waals surface area contributed by atoms with Crippen LogP contribution in [0.3, 0.4) is 0 Å². The van der Waals surface area contributed by atoms with E-state index >= 15 is 0 Å². The molecule has 0 aromatic carbocycles. The second-order valence-corrected chi connectivity index (χ2v) is 9.60. The number of fused-ring (bicyclic) bond motifs is 1. The van der Waals surface area contributed by atoms with Gasteiger partial charge in [-0.3, -0.25) is 14.4 Å². The monoisotopic (exact) mass is 462 g/mol. The van der Waals surface area contributed by atoms with Gasteiger partial charge >= 0.3 is 17.9 Å². The second-order valence-electron chi connectivity index (χ2n) is 9.60. The normalized spacial score (nSPS) is 30.6. The summed E-state index contributed by atoms with van der Waals surface area (Å²) in [4.78, 5) is 49.8. The predicted molar refractivity (Wildman–Crippen MR) is 123 cm³/mol. The number of carbonyl (C=O) groups is 4. The number of ether oxygens (including phenoxy) is 3. The van der Waals surface area contributed by atoms with Crippen molar-refractivity contribution in [3.8, 4) is 0 Å². The van der Waals surface area contributed by atoms with Crippen LogP contribution in [0.5, 0.6) is 0 Å². The van der Waals surface area contributed by atoms with Crippen LogP contribution in [0.2, 0.25) is 0 Å². The molecule has 0 aliphatic heterocycles. The van der Waals surface area contributed by atoms with Crippen LogP contribution in [0.25, 0.3) is 0 Å². The highest BCUT2D eigenvalue weighted by Gasteiger charge is 2.59. The number of Topliss-reactive ketones (excluding diaryl/α,β-unsaturated/α-hetero) is 1. The van der Waals surface area contributed by atoms with Crippen LogP contribution in [-0.4, -0.2) is 42.0 Å². The Hall–Kier alpha value is -2.44. The van der Waals surface area contributed by atoms with E-state index in [-0.39, 0.29) is 42.3 Å². The standard InChI is InChI=1S/C26H38O7/c1-9-14(5)11-21(30)33-25-15(6)18-12-19(28)23(16(7)31-17(8)27)24(18)22(13(3)4)26(25)32-20(29)10-2/h11,13,16,18,22-26H,6,9-10,12H2,1-5,7-8H3/t16-,18-,22-,23-,24+,25-,26+/m1/s1. The molecule has 0 amide bonds. The van der Waals surface area contributed by atoms with Crippen LogP contribution in [0.15, 0.2) is 23.8 Å². The number of ketones is 1. The van der Waals surface area contributed by atoms with Crippen molar-refractivity contribution in [2.24, 2.45) is 29.6 Å². The van der Waals surface area contributed by atoms with E-state index in [9.17, 15) is 19.2 Å². The molecule has 2 saturated carbocycles. The Labute approximate surface area is 196 Å². The molecule has 0 unspecified atom stereocenters. The van der Waals surface area contributed by atoms with E-state index in [4.69, 9.17) is 14.2 Å². The quantitative estimate of drug-likeness (QED) is 0.231. The van der Waals surface area contributed by atoms with Crippen molar-refractivity contribution >= 4 is 23.7 Å². The molecule has 0 saturated heterocycles. The molecule has 2 aliphatic rings. The molecule has 7 nitrogen and oxygen atoms in total. The first-order chi connectivity index (χ1) is 15.4. The molecule has 0 aromatic heterocycles. The smallest absolute Gasteiger partial charge is 0.331 e. The molecule has 33 heavy (non-hydrogen) atoms. The van der Waals surface area contributed by atoms with E-state index in [1.54, 1.807) is 13.8 Å². The van der Waals surface area contributed by atoms with Gasteiger partial charge in [0.25, 0.3) is 0 Å².